The Hall–Kier alpha value is -1.06. The quantitative estimate of drug-likeness (QED) is 0.708. The van der Waals surface area contributed by atoms with Crippen molar-refractivity contribution in [2.24, 2.45) is 0 Å². The Bertz CT molecular complexity index is 295. The van der Waals surface area contributed by atoms with Gasteiger partial charge >= 0.3 is 0 Å². The average Bonchev–Trinajstić information content (AvgIpc) is 2.38. The molecule has 0 unspecified atom stereocenters. The molecular formula is C14H22O3. The van der Waals surface area contributed by atoms with Crippen LogP contribution in [0.25, 0.3) is 0 Å². The lowest BCUT2D eigenvalue weighted by molar-refractivity contribution is 0.131. The summed E-state index contributed by atoms with van der Waals surface area (Å²) in [6, 6.07) is 7.61. The van der Waals surface area contributed by atoms with Crippen molar-refractivity contribution in [1.82, 2.24) is 0 Å². The monoisotopic (exact) mass is 238 g/mol. The van der Waals surface area contributed by atoms with E-state index in [1.54, 1.807) is 0 Å². The van der Waals surface area contributed by atoms with Crippen LogP contribution in [0.2, 0.25) is 0 Å². The Morgan fingerprint density at radius 2 is 1.82 bits per heavy atom. The minimum absolute atomic E-state index is 0.373. The number of benzene rings is 1. The van der Waals surface area contributed by atoms with E-state index in [0.717, 1.165) is 37.4 Å². The molecule has 3 nitrogen and oxygen atoms in total. The molecule has 1 rings (SSSR count). The van der Waals surface area contributed by atoms with Gasteiger partial charge in [0.25, 0.3) is 0 Å². The molecule has 1 N–H and O–H groups in total. The SMILES string of the molecule is CCOCCCOc1ccc([C@H](O)CC)cc1. The van der Waals surface area contributed by atoms with E-state index < -0.39 is 0 Å². The number of aliphatic hydroxyl groups is 1. The third-order valence-corrected chi connectivity index (χ3v) is 2.56. The summed E-state index contributed by atoms with van der Waals surface area (Å²) in [7, 11) is 0. The zero-order valence-electron chi connectivity index (χ0n) is 10.7. The standard InChI is InChI=1S/C14H22O3/c1-3-14(15)12-6-8-13(9-7-12)17-11-5-10-16-4-2/h6-9,14-15H,3-5,10-11H2,1-2H3/t14-/m1/s1. The van der Waals surface area contributed by atoms with Gasteiger partial charge in [0.15, 0.2) is 0 Å². The lowest BCUT2D eigenvalue weighted by atomic mass is 10.1. The highest BCUT2D eigenvalue weighted by Crippen LogP contribution is 2.19. The van der Waals surface area contributed by atoms with E-state index in [0.29, 0.717) is 6.61 Å². The third-order valence-electron chi connectivity index (χ3n) is 2.56. The molecule has 0 bridgehead atoms. The Kier molecular flexibility index (Phi) is 6.67. The molecule has 1 atom stereocenters. The molecule has 0 saturated heterocycles. The first-order valence-electron chi connectivity index (χ1n) is 6.26. The van der Waals surface area contributed by atoms with Crippen molar-refractivity contribution in [3.63, 3.8) is 0 Å². The van der Waals surface area contributed by atoms with E-state index >= 15 is 0 Å². The zero-order chi connectivity index (χ0) is 12.5. The number of hydrogen-bond donors (Lipinski definition) is 1. The van der Waals surface area contributed by atoms with Crippen LogP contribution in [0, 0.1) is 0 Å². The molecule has 0 heterocycles. The molecule has 17 heavy (non-hydrogen) atoms. The highest BCUT2D eigenvalue weighted by atomic mass is 16.5. The highest BCUT2D eigenvalue weighted by Gasteiger charge is 2.04. The topological polar surface area (TPSA) is 38.7 Å². The minimum atomic E-state index is -0.373. The van der Waals surface area contributed by atoms with Gasteiger partial charge in [0.05, 0.1) is 12.7 Å². The van der Waals surface area contributed by atoms with Gasteiger partial charge in [-0.05, 0) is 31.0 Å². The Morgan fingerprint density at radius 3 is 2.41 bits per heavy atom. The molecule has 1 aromatic rings. The van der Waals surface area contributed by atoms with Crippen LogP contribution in [0.3, 0.4) is 0 Å². The van der Waals surface area contributed by atoms with Gasteiger partial charge in [0, 0.05) is 19.6 Å². The van der Waals surface area contributed by atoms with Crippen LogP contribution in [-0.2, 0) is 4.74 Å². The highest BCUT2D eigenvalue weighted by molar-refractivity contribution is 5.28. The summed E-state index contributed by atoms with van der Waals surface area (Å²) in [5, 5.41) is 9.64. The fourth-order valence-corrected chi connectivity index (χ4v) is 1.52. The molecular weight excluding hydrogens is 216 g/mol. The number of hydrogen-bond acceptors (Lipinski definition) is 3. The predicted octanol–water partition coefficient (Wildman–Crippen LogP) is 2.94. The molecule has 1 aromatic carbocycles. The fourth-order valence-electron chi connectivity index (χ4n) is 1.52. The minimum Gasteiger partial charge on any atom is -0.494 e. The summed E-state index contributed by atoms with van der Waals surface area (Å²) in [4.78, 5) is 0. The first-order chi connectivity index (χ1) is 8.27. The first-order valence-corrected chi connectivity index (χ1v) is 6.26. The van der Waals surface area contributed by atoms with Crippen molar-refractivity contribution in [3.8, 4) is 5.75 Å². The number of rotatable bonds is 8. The van der Waals surface area contributed by atoms with Crippen LogP contribution in [0.4, 0.5) is 0 Å². The molecule has 0 aliphatic rings. The van der Waals surface area contributed by atoms with Crippen LogP contribution >= 0.6 is 0 Å². The number of aliphatic hydroxyl groups excluding tert-OH is 1. The normalized spacial score (nSPS) is 12.4. The zero-order valence-corrected chi connectivity index (χ0v) is 10.7. The smallest absolute Gasteiger partial charge is 0.119 e. The maximum absolute atomic E-state index is 9.64. The first kappa shape index (κ1) is 14.0. The summed E-state index contributed by atoms with van der Waals surface area (Å²) in [5.74, 6) is 0.841. The van der Waals surface area contributed by atoms with Gasteiger partial charge in [-0.15, -0.1) is 0 Å². The van der Waals surface area contributed by atoms with Crippen LogP contribution in [0.5, 0.6) is 5.75 Å². The van der Waals surface area contributed by atoms with Crippen LogP contribution in [-0.4, -0.2) is 24.9 Å². The largest absolute Gasteiger partial charge is 0.494 e. The Balaban J connectivity index is 2.30. The second-order valence-corrected chi connectivity index (χ2v) is 3.89. The van der Waals surface area contributed by atoms with Crippen molar-refractivity contribution in [1.29, 1.82) is 0 Å². The summed E-state index contributed by atoms with van der Waals surface area (Å²) >= 11 is 0. The summed E-state index contributed by atoms with van der Waals surface area (Å²) in [6.45, 7) is 6.10. The third kappa shape index (κ3) is 5.20. The van der Waals surface area contributed by atoms with Gasteiger partial charge in [-0.2, -0.15) is 0 Å². The van der Waals surface area contributed by atoms with Crippen LogP contribution in [0.15, 0.2) is 24.3 Å². The lowest BCUT2D eigenvalue weighted by Crippen LogP contribution is -2.03. The lowest BCUT2D eigenvalue weighted by Gasteiger charge is -2.10. The molecule has 0 amide bonds. The van der Waals surface area contributed by atoms with Crippen molar-refractivity contribution < 1.29 is 14.6 Å². The molecule has 0 aliphatic heterocycles. The average molecular weight is 238 g/mol. The maximum Gasteiger partial charge on any atom is 0.119 e. The van der Waals surface area contributed by atoms with Crippen molar-refractivity contribution in [2.45, 2.75) is 32.8 Å². The Morgan fingerprint density at radius 1 is 1.12 bits per heavy atom. The van der Waals surface area contributed by atoms with E-state index in [1.165, 1.54) is 0 Å². The van der Waals surface area contributed by atoms with Gasteiger partial charge in [-0.3, -0.25) is 0 Å². The van der Waals surface area contributed by atoms with E-state index in [1.807, 2.05) is 38.1 Å². The summed E-state index contributed by atoms with van der Waals surface area (Å²) < 4.78 is 10.8. The van der Waals surface area contributed by atoms with Crippen molar-refractivity contribution in [3.05, 3.63) is 29.8 Å². The van der Waals surface area contributed by atoms with E-state index in [9.17, 15) is 5.11 Å². The Labute approximate surface area is 103 Å². The molecule has 0 radical (unpaired) electrons. The molecule has 0 fully saturated rings. The van der Waals surface area contributed by atoms with E-state index in [2.05, 4.69) is 0 Å². The van der Waals surface area contributed by atoms with Crippen molar-refractivity contribution >= 4 is 0 Å². The molecule has 0 spiro atoms. The van der Waals surface area contributed by atoms with Gasteiger partial charge in [0.2, 0.25) is 0 Å². The van der Waals surface area contributed by atoms with Crippen LogP contribution < -0.4 is 4.74 Å². The van der Waals surface area contributed by atoms with Gasteiger partial charge in [-0.25, -0.2) is 0 Å². The van der Waals surface area contributed by atoms with E-state index in [4.69, 9.17) is 9.47 Å². The molecule has 96 valence electrons. The fraction of sp³-hybridized carbons (Fsp3) is 0.571. The number of ether oxygens (including phenoxy) is 2. The molecule has 3 heteroatoms. The maximum atomic E-state index is 9.64. The summed E-state index contributed by atoms with van der Waals surface area (Å²) in [6.07, 6.45) is 1.25. The van der Waals surface area contributed by atoms with Gasteiger partial charge in [0.1, 0.15) is 5.75 Å². The van der Waals surface area contributed by atoms with E-state index in [-0.39, 0.29) is 6.10 Å². The van der Waals surface area contributed by atoms with Gasteiger partial charge < -0.3 is 14.6 Å². The summed E-state index contributed by atoms with van der Waals surface area (Å²) in [5.41, 5.74) is 0.939. The second-order valence-electron chi connectivity index (χ2n) is 3.89. The predicted molar refractivity (Wildman–Crippen MR) is 68.3 cm³/mol. The molecule has 0 aromatic heterocycles. The van der Waals surface area contributed by atoms with Crippen LogP contribution in [0.1, 0.15) is 38.4 Å². The van der Waals surface area contributed by atoms with Gasteiger partial charge in [-0.1, -0.05) is 19.1 Å². The molecule has 0 saturated carbocycles. The van der Waals surface area contributed by atoms with Crippen molar-refractivity contribution in [2.75, 3.05) is 19.8 Å². The second kappa shape index (κ2) is 8.09. The molecule has 0 aliphatic carbocycles.